The van der Waals surface area contributed by atoms with E-state index in [2.05, 4.69) is 16.3 Å². The van der Waals surface area contributed by atoms with Crippen LogP contribution >= 0.6 is 11.3 Å². The third-order valence-corrected chi connectivity index (χ3v) is 6.57. The fourth-order valence-electron chi connectivity index (χ4n) is 4.05. The maximum Gasteiger partial charge on any atom is 0.248 e. The average molecular weight is 363 g/mol. The van der Waals surface area contributed by atoms with Gasteiger partial charge in [0.25, 0.3) is 0 Å². The zero-order chi connectivity index (χ0) is 17.4. The molecular formula is C18H25N3O3S. The molecule has 3 aliphatic rings. The van der Waals surface area contributed by atoms with Crippen LogP contribution in [0.4, 0.5) is 0 Å². The van der Waals surface area contributed by atoms with E-state index < -0.39 is 0 Å². The van der Waals surface area contributed by atoms with Crippen LogP contribution in [-0.4, -0.2) is 79.0 Å². The number of nitrogens with zero attached hydrogens (tertiary/aromatic N) is 3. The van der Waals surface area contributed by atoms with Gasteiger partial charge in [-0.25, -0.2) is 0 Å². The summed E-state index contributed by atoms with van der Waals surface area (Å²) in [6.07, 6.45) is 1.97. The van der Waals surface area contributed by atoms with Crippen LogP contribution in [0.3, 0.4) is 0 Å². The van der Waals surface area contributed by atoms with Gasteiger partial charge in [-0.1, -0.05) is 0 Å². The number of rotatable bonds is 3. The highest BCUT2D eigenvalue weighted by molar-refractivity contribution is 7.10. The Balaban J connectivity index is 1.29. The Morgan fingerprint density at radius 1 is 1.36 bits per heavy atom. The number of likely N-dealkylation sites (tertiary alicyclic amines) is 1. The first-order valence-corrected chi connectivity index (χ1v) is 9.90. The van der Waals surface area contributed by atoms with Crippen molar-refractivity contribution in [3.05, 3.63) is 21.9 Å². The van der Waals surface area contributed by atoms with E-state index in [1.54, 1.807) is 16.2 Å². The van der Waals surface area contributed by atoms with E-state index in [0.29, 0.717) is 12.5 Å². The molecule has 0 radical (unpaired) electrons. The van der Waals surface area contributed by atoms with Crippen LogP contribution in [0.5, 0.6) is 0 Å². The minimum atomic E-state index is 0.0450. The zero-order valence-corrected chi connectivity index (χ0v) is 15.5. The number of morpholine rings is 1. The first kappa shape index (κ1) is 17.0. The van der Waals surface area contributed by atoms with E-state index in [9.17, 15) is 9.59 Å². The van der Waals surface area contributed by atoms with Crippen LogP contribution < -0.4 is 0 Å². The van der Waals surface area contributed by atoms with E-state index in [4.69, 9.17) is 4.74 Å². The van der Waals surface area contributed by atoms with Gasteiger partial charge in [0.15, 0.2) is 0 Å². The molecule has 2 atom stereocenters. The van der Waals surface area contributed by atoms with Crippen molar-refractivity contribution >= 4 is 23.2 Å². The van der Waals surface area contributed by atoms with Gasteiger partial charge in [0.1, 0.15) is 6.61 Å². The van der Waals surface area contributed by atoms with Crippen molar-refractivity contribution in [2.75, 3.05) is 46.4 Å². The van der Waals surface area contributed by atoms with Crippen LogP contribution in [-0.2, 0) is 27.3 Å². The molecule has 0 saturated carbocycles. The van der Waals surface area contributed by atoms with Crippen LogP contribution in [0.15, 0.2) is 11.4 Å². The van der Waals surface area contributed by atoms with Gasteiger partial charge in [0.05, 0.1) is 12.0 Å². The molecule has 136 valence electrons. The third kappa shape index (κ3) is 3.59. The fraction of sp³-hybridized carbons (Fsp3) is 0.667. The summed E-state index contributed by atoms with van der Waals surface area (Å²) in [6, 6.07) is 2.15. The Bertz CT molecular complexity index is 662. The molecule has 7 heteroatoms. The van der Waals surface area contributed by atoms with E-state index in [-0.39, 0.29) is 24.5 Å². The summed E-state index contributed by atoms with van der Waals surface area (Å²) < 4.78 is 5.64. The largest absolute Gasteiger partial charge is 0.365 e. The number of thiophene rings is 1. The second-order valence-corrected chi connectivity index (χ2v) is 8.33. The lowest BCUT2D eigenvalue weighted by atomic mass is 10.0. The maximum atomic E-state index is 12.9. The van der Waals surface area contributed by atoms with E-state index in [0.717, 1.165) is 45.6 Å². The Morgan fingerprint density at radius 2 is 2.24 bits per heavy atom. The molecule has 4 rings (SSSR count). The number of fused-ring (bicyclic) bond motifs is 1. The normalized spacial score (nSPS) is 27.6. The minimum absolute atomic E-state index is 0.0450. The molecule has 0 spiro atoms. The third-order valence-electron chi connectivity index (χ3n) is 5.55. The van der Waals surface area contributed by atoms with Crippen LogP contribution in [0.1, 0.15) is 16.9 Å². The molecule has 1 aromatic heterocycles. The molecule has 2 fully saturated rings. The Morgan fingerprint density at radius 3 is 3.08 bits per heavy atom. The second kappa shape index (κ2) is 7.05. The van der Waals surface area contributed by atoms with Crippen molar-refractivity contribution < 1.29 is 14.3 Å². The molecule has 3 aliphatic heterocycles. The summed E-state index contributed by atoms with van der Waals surface area (Å²) in [5.41, 5.74) is 1.32. The van der Waals surface area contributed by atoms with E-state index in [1.165, 1.54) is 10.4 Å². The Hall–Kier alpha value is -1.44. The average Bonchev–Trinajstić information content (AvgIpc) is 3.26. The monoisotopic (exact) mass is 363 g/mol. The fourth-order valence-corrected chi connectivity index (χ4v) is 4.94. The van der Waals surface area contributed by atoms with Gasteiger partial charge < -0.3 is 14.5 Å². The first-order chi connectivity index (χ1) is 12.1. The summed E-state index contributed by atoms with van der Waals surface area (Å²) in [5, 5.41) is 2.13. The summed E-state index contributed by atoms with van der Waals surface area (Å²) in [5.74, 6) is 0.447. The molecule has 1 aromatic rings. The number of carbonyl (C=O) groups is 2. The molecule has 6 nitrogen and oxygen atoms in total. The predicted octanol–water partition coefficient (Wildman–Crippen LogP) is 0.812. The van der Waals surface area contributed by atoms with Gasteiger partial charge in [-0.3, -0.25) is 14.5 Å². The lowest BCUT2D eigenvalue weighted by Gasteiger charge is -2.32. The minimum Gasteiger partial charge on any atom is -0.365 e. The highest BCUT2D eigenvalue weighted by Crippen LogP contribution is 2.27. The molecule has 0 N–H and O–H groups in total. The standard InChI is InChI=1S/C18H25N3O3S/c1-19-10-15(24-12-17(19)22)11-20-5-2-14(8-20)18(23)21-6-3-16-13(9-21)4-7-25-16/h4,7,14-15H,2-3,5-6,8-12H2,1H3. The summed E-state index contributed by atoms with van der Waals surface area (Å²) >= 11 is 1.80. The molecule has 0 bridgehead atoms. The van der Waals surface area contributed by atoms with Crippen LogP contribution in [0.25, 0.3) is 0 Å². The first-order valence-electron chi connectivity index (χ1n) is 9.02. The van der Waals surface area contributed by atoms with Gasteiger partial charge in [-0.05, 0) is 36.4 Å². The maximum absolute atomic E-state index is 12.9. The van der Waals surface area contributed by atoms with Crippen molar-refractivity contribution in [3.63, 3.8) is 0 Å². The van der Waals surface area contributed by atoms with Crippen LogP contribution in [0, 0.1) is 5.92 Å². The van der Waals surface area contributed by atoms with Gasteiger partial charge in [0, 0.05) is 44.6 Å². The molecule has 2 unspecified atom stereocenters. The zero-order valence-electron chi connectivity index (χ0n) is 14.6. The second-order valence-electron chi connectivity index (χ2n) is 7.33. The summed E-state index contributed by atoms with van der Waals surface area (Å²) in [6.45, 7) is 4.98. The van der Waals surface area contributed by atoms with Crippen molar-refractivity contribution in [2.45, 2.75) is 25.5 Å². The molecule has 0 aliphatic carbocycles. The Kier molecular flexibility index (Phi) is 4.80. The van der Waals surface area contributed by atoms with Crippen LogP contribution in [0.2, 0.25) is 0 Å². The van der Waals surface area contributed by atoms with E-state index in [1.807, 2.05) is 11.9 Å². The molecular weight excluding hydrogens is 338 g/mol. The van der Waals surface area contributed by atoms with Crippen molar-refractivity contribution in [1.29, 1.82) is 0 Å². The number of amides is 2. The lowest BCUT2D eigenvalue weighted by molar-refractivity contribution is -0.147. The predicted molar refractivity (Wildman–Crippen MR) is 95.4 cm³/mol. The van der Waals surface area contributed by atoms with Gasteiger partial charge in [-0.2, -0.15) is 0 Å². The molecule has 2 amide bonds. The highest BCUT2D eigenvalue weighted by Gasteiger charge is 2.34. The summed E-state index contributed by atoms with van der Waals surface area (Å²) in [4.78, 5) is 31.9. The molecule has 25 heavy (non-hydrogen) atoms. The van der Waals surface area contributed by atoms with Gasteiger partial charge >= 0.3 is 0 Å². The topological polar surface area (TPSA) is 53.1 Å². The smallest absolute Gasteiger partial charge is 0.248 e. The molecule has 4 heterocycles. The summed E-state index contributed by atoms with van der Waals surface area (Å²) in [7, 11) is 1.82. The molecule has 2 saturated heterocycles. The van der Waals surface area contributed by atoms with Crippen molar-refractivity contribution in [2.24, 2.45) is 5.92 Å². The van der Waals surface area contributed by atoms with Crippen molar-refractivity contribution in [1.82, 2.24) is 14.7 Å². The lowest BCUT2D eigenvalue weighted by Crippen LogP contribution is -2.48. The quantitative estimate of drug-likeness (QED) is 0.798. The number of likely N-dealkylation sites (N-methyl/N-ethyl adjacent to an activating group) is 1. The number of ether oxygens (including phenoxy) is 1. The highest BCUT2D eigenvalue weighted by atomic mass is 32.1. The SMILES string of the molecule is CN1CC(CN2CCC(C(=O)N3CCc4sccc4C3)C2)OCC1=O. The van der Waals surface area contributed by atoms with Gasteiger partial charge in [-0.15, -0.1) is 11.3 Å². The van der Waals surface area contributed by atoms with Gasteiger partial charge in [0.2, 0.25) is 11.8 Å². The van der Waals surface area contributed by atoms with Crippen molar-refractivity contribution in [3.8, 4) is 0 Å². The van der Waals surface area contributed by atoms with E-state index >= 15 is 0 Å². The molecule has 0 aromatic carbocycles. The Labute approximate surface area is 152 Å². The number of hydrogen-bond donors (Lipinski definition) is 0. The number of carbonyl (C=O) groups excluding carboxylic acids is 2. The number of hydrogen-bond acceptors (Lipinski definition) is 5.